The minimum Gasteiger partial charge on any atom is -0.378 e. The van der Waals surface area contributed by atoms with Crippen molar-refractivity contribution in [1.82, 2.24) is 15.0 Å². The standard InChI is InChI=1S/C15H15ClF3N5O/c1-8(12-10(18)6-9(17)7-20-12)21-15-22-13(16)11(19)14(23-15)24-2-4-25-5-3-24/h6-8H,2-5H2,1H3,(H,21,22,23)/t8-/m0/s1. The van der Waals surface area contributed by atoms with E-state index in [0.717, 1.165) is 12.3 Å². The van der Waals surface area contributed by atoms with Crippen LogP contribution in [0.2, 0.25) is 5.15 Å². The van der Waals surface area contributed by atoms with Crippen LogP contribution in [-0.2, 0) is 4.74 Å². The fourth-order valence-corrected chi connectivity index (χ4v) is 2.63. The van der Waals surface area contributed by atoms with Crippen LogP contribution in [0.4, 0.5) is 24.9 Å². The second kappa shape index (κ2) is 7.40. The van der Waals surface area contributed by atoms with Crippen LogP contribution in [0.5, 0.6) is 0 Å². The number of nitrogens with one attached hydrogen (secondary N) is 1. The highest BCUT2D eigenvalue weighted by Crippen LogP contribution is 2.26. The summed E-state index contributed by atoms with van der Waals surface area (Å²) in [5.41, 5.74) is -0.0154. The molecule has 0 amide bonds. The Morgan fingerprint density at radius 1 is 1.24 bits per heavy atom. The summed E-state index contributed by atoms with van der Waals surface area (Å²) in [6.07, 6.45) is 0.911. The summed E-state index contributed by atoms with van der Waals surface area (Å²) >= 11 is 5.86. The first-order chi connectivity index (χ1) is 12.0. The Hall–Kier alpha value is -2.13. The molecular formula is C15H15ClF3N5O. The number of hydrogen-bond donors (Lipinski definition) is 1. The molecule has 1 aliphatic rings. The zero-order chi connectivity index (χ0) is 18.0. The predicted octanol–water partition coefficient (Wildman–Crippen LogP) is 2.95. The zero-order valence-electron chi connectivity index (χ0n) is 13.3. The number of ether oxygens (including phenoxy) is 1. The first kappa shape index (κ1) is 17.7. The third-order valence-corrected chi connectivity index (χ3v) is 3.95. The number of pyridine rings is 1. The van der Waals surface area contributed by atoms with Gasteiger partial charge in [0, 0.05) is 19.2 Å². The molecule has 1 N–H and O–H groups in total. The summed E-state index contributed by atoms with van der Waals surface area (Å²) in [6.45, 7) is 3.43. The van der Waals surface area contributed by atoms with Gasteiger partial charge in [-0.25, -0.2) is 8.78 Å². The molecule has 10 heteroatoms. The summed E-state index contributed by atoms with van der Waals surface area (Å²) in [6, 6.07) is 0.0534. The number of morpholine rings is 1. The molecule has 1 saturated heterocycles. The highest BCUT2D eigenvalue weighted by molar-refractivity contribution is 6.29. The fourth-order valence-electron chi connectivity index (χ4n) is 2.46. The highest BCUT2D eigenvalue weighted by Gasteiger charge is 2.22. The van der Waals surface area contributed by atoms with Gasteiger partial charge in [-0.15, -0.1) is 0 Å². The Morgan fingerprint density at radius 2 is 1.96 bits per heavy atom. The summed E-state index contributed by atoms with van der Waals surface area (Å²) in [5.74, 6) is -2.24. The quantitative estimate of drug-likeness (QED) is 0.831. The first-order valence-corrected chi connectivity index (χ1v) is 7.96. The van der Waals surface area contributed by atoms with Crippen LogP contribution in [-0.4, -0.2) is 41.3 Å². The van der Waals surface area contributed by atoms with Gasteiger partial charge in [-0.2, -0.15) is 14.4 Å². The lowest BCUT2D eigenvalue weighted by atomic mass is 10.2. The van der Waals surface area contributed by atoms with Gasteiger partial charge in [0.2, 0.25) is 11.8 Å². The average Bonchev–Trinajstić information content (AvgIpc) is 2.58. The third kappa shape index (κ3) is 3.93. The van der Waals surface area contributed by atoms with E-state index in [0.29, 0.717) is 26.3 Å². The van der Waals surface area contributed by atoms with Gasteiger partial charge in [0.1, 0.15) is 11.6 Å². The summed E-state index contributed by atoms with van der Waals surface area (Å²) in [7, 11) is 0. The smallest absolute Gasteiger partial charge is 0.226 e. The SMILES string of the molecule is C[C@H](Nc1nc(Cl)c(F)c(N2CCOCC2)n1)c1ncc(F)cc1F. The Labute approximate surface area is 147 Å². The average molecular weight is 374 g/mol. The molecule has 1 atom stereocenters. The van der Waals surface area contributed by atoms with E-state index in [2.05, 4.69) is 20.3 Å². The molecule has 6 nitrogen and oxygen atoms in total. The van der Waals surface area contributed by atoms with Crippen molar-refractivity contribution in [2.75, 3.05) is 36.5 Å². The second-order valence-electron chi connectivity index (χ2n) is 5.46. The van der Waals surface area contributed by atoms with Crippen molar-refractivity contribution in [2.24, 2.45) is 0 Å². The Morgan fingerprint density at radius 3 is 2.64 bits per heavy atom. The van der Waals surface area contributed by atoms with Crippen molar-refractivity contribution in [1.29, 1.82) is 0 Å². The van der Waals surface area contributed by atoms with E-state index in [9.17, 15) is 13.2 Å². The lowest BCUT2D eigenvalue weighted by Crippen LogP contribution is -2.37. The third-order valence-electron chi connectivity index (χ3n) is 3.70. The monoisotopic (exact) mass is 373 g/mol. The largest absolute Gasteiger partial charge is 0.378 e. The van der Waals surface area contributed by atoms with Gasteiger partial charge < -0.3 is 15.0 Å². The summed E-state index contributed by atoms with van der Waals surface area (Å²) in [5, 5.41) is 2.46. The normalized spacial score (nSPS) is 16.0. The minimum atomic E-state index is -0.804. The molecule has 0 radical (unpaired) electrons. The van der Waals surface area contributed by atoms with Crippen molar-refractivity contribution >= 4 is 23.4 Å². The number of anilines is 2. The van der Waals surface area contributed by atoms with E-state index in [1.54, 1.807) is 11.8 Å². The minimum absolute atomic E-state index is 0.0154. The van der Waals surface area contributed by atoms with Crippen LogP contribution in [0.25, 0.3) is 0 Å². The van der Waals surface area contributed by atoms with Crippen molar-refractivity contribution in [3.05, 3.63) is 40.6 Å². The van der Waals surface area contributed by atoms with Crippen LogP contribution in [0.15, 0.2) is 12.3 Å². The van der Waals surface area contributed by atoms with E-state index in [1.807, 2.05) is 0 Å². The Balaban J connectivity index is 1.85. The molecule has 3 heterocycles. The molecule has 0 aliphatic carbocycles. The number of rotatable bonds is 4. The molecule has 25 heavy (non-hydrogen) atoms. The van der Waals surface area contributed by atoms with Gasteiger partial charge in [0.25, 0.3) is 0 Å². The van der Waals surface area contributed by atoms with Gasteiger partial charge in [-0.1, -0.05) is 11.6 Å². The molecule has 0 spiro atoms. The number of nitrogens with zero attached hydrogens (tertiary/aromatic N) is 4. The molecule has 2 aromatic rings. The Bertz CT molecular complexity index is 773. The lowest BCUT2D eigenvalue weighted by Gasteiger charge is -2.28. The number of hydrogen-bond acceptors (Lipinski definition) is 6. The van der Waals surface area contributed by atoms with Crippen LogP contribution in [0.1, 0.15) is 18.7 Å². The van der Waals surface area contributed by atoms with Crippen molar-refractivity contribution < 1.29 is 17.9 Å². The predicted molar refractivity (Wildman–Crippen MR) is 86.2 cm³/mol. The molecule has 1 aliphatic heterocycles. The molecule has 134 valence electrons. The van der Waals surface area contributed by atoms with Gasteiger partial charge in [0.15, 0.2) is 11.0 Å². The van der Waals surface area contributed by atoms with E-state index in [1.165, 1.54) is 0 Å². The fraction of sp³-hybridized carbons (Fsp3) is 0.400. The van der Waals surface area contributed by atoms with E-state index >= 15 is 0 Å². The summed E-state index contributed by atoms with van der Waals surface area (Å²) in [4.78, 5) is 13.4. The molecule has 0 saturated carbocycles. The van der Waals surface area contributed by atoms with Gasteiger partial charge in [-0.05, 0) is 6.92 Å². The maximum absolute atomic E-state index is 14.3. The molecular weight excluding hydrogens is 359 g/mol. The van der Waals surface area contributed by atoms with Crippen LogP contribution in [0.3, 0.4) is 0 Å². The van der Waals surface area contributed by atoms with Crippen LogP contribution in [0, 0.1) is 17.5 Å². The topological polar surface area (TPSA) is 63.2 Å². The Kier molecular flexibility index (Phi) is 5.24. The molecule has 0 bridgehead atoms. The highest BCUT2D eigenvalue weighted by atomic mass is 35.5. The maximum atomic E-state index is 14.3. The summed E-state index contributed by atoms with van der Waals surface area (Å²) < 4.78 is 46.3. The zero-order valence-corrected chi connectivity index (χ0v) is 14.0. The lowest BCUT2D eigenvalue weighted by molar-refractivity contribution is 0.122. The second-order valence-corrected chi connectivity index (χ2v) is 5.82. The van der Waals surface area contributed by atoms with Gasteiger partial charge in [-0.3, -0.25) is 4.98 Å². The first-order valence-electron chi connectivity index (χ1n) is 7.59. The van der Waals surface area contributed by atoms with Crippen LogP contribution >= 0.6 is 11.6 Å². The molecule has 3 rings (SSSR count). The van der Waals surface area contributed by atoms with Gasteiger partial charge in [0.05, 0.1) is 31.1 Å². The molecule has 1 fully saturated rings. The molecule has 0 unspecified atom stereocenters. The maximum Gasteiger partial charge on any atom is 0.226 e. The number of halogens is 4. The molecule has 0 aromatic carbocycles. The van der Waals surface area contributed by atoms with Crippen molar-refractivity contribution in [2.45, 2.75) is 13.0 Å². The number of aromatic nitrogens is 3. The van der Waals surface area contributed by atoms with E-state index in [-0.39, 0.29) is 22.6 Å². The van der Waals surface area contributed by atoms with Crippen molar-refractivity contribution in [3.63, 3.8) is 0 Å². The van der Waals surface area contributed by atoms with Gasteiger partial charge >= 0.3 is 0 Å². The van der Waals surface area contributed by atoms with Crippen LogP contribution < -0.4 is 10.2 Å². The van der Waals surface area contributed by atoms with E-state index in [4.69, 9.17) is 16.3 Å². The van der Waals surface area contributed by atoms with Crippen molar-refractivity contribution in [3.8, 4) is 0 Å². The molecule has 2 aromatic heterocycles. The van der Waals surface area contributed by atoms with E-state index < -0.39 is 23.5 Å².